The van der Waals surface area contributed by atoms with E-state index in [0.717, 1.165) is 10.0 Å². The van der Waals surface area contributed by atoms with Crippen LogP contribution in [0.15, 0.2) is 82.4 Å². The Labute approximate surface area is 176 Å². The fraction of sp³-hybridized carbons (Fsp3) is 0.0455. The molecule has 0 spiro atoms. The number of methoxy groups -OCH3 is 1. The first-order valence-electron chi connectivity index (χ1n) is 8.69. The molecule has 0 heterocycles. The van der Waals surface area contributed by atoms with Gasteiger partial charge >= 0.3 is 0 Å². The molecule has 2 N–H and O–H groups in total. The zero-order valence-corrected chi connectivity index (χ0v) is 17.1. The Morgan fingerprint density at radius 2 is 1.59 bits per heavy atom. The fourth-order valence-electron chi connectivity index (χ4n) is 2.46. The van der Waals surface area contributed by atoms with E-state index in [-0.39, 0.29) is 11.8 Å². The molecule has 7 heteroatoms. The second kappa shape index (κ2) is 9.66. The molecular weight excluding hydrogens is 434 g/mol. The highest BCUT2D eigenvalue weighted by atomic mass is 79.9. The van der Waals surface area contributed by atoms with Crippen LogP contribution in [0, 0.1) is 0 Å². The topological polar surface area (TPSA) is 79.8 Å². The Morgan fingerprint density at radius 3 is 2.28 bits per heavy atom. The van der Waals surface area contributed by atoms with Gasteiger partial charge in [-0.3, -0.25) is 9.59 Å². The van der Waals surface area contributed by atoms with Crippen molar-refractivity contribution in [2.24, 2.45) is 5.10 Å². The smallest absolute Gasteiger partial charge is 0.271 e. The van der Waals surface area contributed by atoms with Crippen LogP contribution < -0.4 is 15.5 Å². The number of anilines is 1. The molecule has 0 aromatic heterocycles. The van der Waals surface area contributed by atoms with Crippen molar-refractivity contribution in [3.05, 3.63) is 94.0 Å². The Bertz CT molecular complexity index is 1030. The molecule has 3 aromatic rings. The van der Waals surface area contributed by atoms with E-state index in [2.05, 4.69) is 31.8 Å². The molecule has 3 aromatic carbocycles. The molecule has 0 aliphatic heterocycles. The minimum Gasteiger partial charge on any atom is -0.497 e. The zero-order chi connectivity index (χ0) is 20.6. The second-order valence-electron chi connectivity index (χ2n) is 6.01. The highest BCUT2D eigenvalue weighted by molar-refractivity contribution is 9.10. The number of nitrogens with one attached hydrogen (secondary N) is 2. The van der Waals surface area contributed by atoms with Crippen molar-refractivity contribution in [3.63, 3.8) is 0 Å². The molecule has 29 heavy (non-hydrogen) atoms. The molecule has 0 atom stereocenters. The van der Waals surface area contributed by atoms with Crippen LogP contribution in [0.2, 0.25) is 0 Å². The van der Waals surface area contributed by atoms with E-state index >= 15 is 0 Å². The Kier molecular flexibility index (Phi) is 6.76. The number of hydrogen-bond donors (Lipinski definition) is 2. The number of carbonyl (C=O) groups excluding carboxylic acids is 2. The molecule has 0 fully saturated rings. The lowest BCUT2D eigenvalue weighted by atomic mass is 10.1. The van der Waals surface area contributed by atoms with Crippen LogP contribution in [0.25, 0.3) is 0 Å². The van der Waals surface area contributed by atoms with E-state index in [9.17, 15) is 9.59 Å². The summed E-state index contributed by atoms with van der Waals surface area (Å²) in [5, 5.41) is 6.75. The van der Waals surface area contributed by atoms with Gasteiger partial charge in [-0.25, -0.2) is 5.43 Å². The number of benzene rings is 3. The van der Waals surface area contributed by atoms with Crippen LogP contribution >= 0.6 is 15.9 Å². The second-order valence-corrected chi connectivity index (χ2v) is 6.93. The minimum atomic E-state index is -0.352. The van der Waals surface area contributed by atoms with Crippen molar-refractivity contribution in [1.82, 2.24) is 5.43 Å². The average Bonchev–Trinajstić information content (AvgIpc) is 2.74. The fourth-order valence-corrected chi connectivity index (χ4v) is 2.73. The largest absolute Gasteiger partial charge is 0.497 e. The van der Waals surface area contributed by atoms with Gasteiger partial charge in [-0.2, -0.15) is 5.10 Å². The van der Waals surface area contributed by atoms with E-state index in [1.165, 1.54) is 6.21 Å². The van der Waals surface area contributed by atoms with Crippen molar-refractivity contribution < 1.29 is 14.3 Å². The summed E-state index contributed by atoms with van der Waals surface area (Å²) in [5.74, 6) is 0.133. The zero-order valence-electron chi connectivity index (χ0n) is 15.6. The quantitative estimate of drug-likeness (QED) is 0.428. The van der Waals surface area contributed by atoms with Gasteiger partial charge in [-0.15, -0.1) is 0 Å². The summed E-state index contributed by atoms with van der Waals surface area (Å²) in [7, 11) is 1.59. The molecule has 2 amide bonds. The van der Waals surface area contributed by atoms with Gasteiger partial charge in [0.1, 0.15) is 5.75 Å². The molecule has 0 bridgehead atoms. The molecule has 0 radical (unpaired) electrons. The summed E-state index contributed by atoms with van der Waals surface area (Å²) in [6.07, 6.45) is 1.53. The normalized spacial score (nSPS) is 10.6. The molecule has 0 saturated carbocycles. The van der Waals surface area contributed by atoms with Crippen molar-refractivity contribution in [3.8, 4) is 5.75 Å². The first-order valence-corrected chi connectivity index (χ1v) is 9.49. The first kappa shape index (κ1) is 20.3. The van der Waals surface area contributed by atoms with Gasteiger partial charge in [0.25, 0.3) is 11.8 Å². The summed E-state index contributed by atoms with van der Waals surface area (Å²) in [6, 6.07) is 20.9. The third kappa shape index (κ3) is 5.76. The van der Waals surface area contributed by atoms with Crippen LogP contribution in [-0.2, 0) is 0 Å². The van der Waals surface area contributed by atoms with Gasteiger partial charge in [0.05, 0.1) is 13.3 Å². The van der Waals surface area contributed by atoms with Crippen LogP contribution in [0.1, 0.15) is 26.3 Å². The van der Waals surface area contributed by atoms with Crippen LogP contribution in [-0.4, -0.2) is 25.1 Å². The highest BCUT2D eigenvalue weighted by Crippen LogP contribution is 2.14. The summed E-state index contributed by atoms with van der Waals surface area (Å²) in [6.45, 7) is 0. The monoisotopic (exact) mass is 451 g/mol. The van der Waals surface area contributed by atoms with Gasteiger partial charge in [0, 0.05) is 21.3 Å². The molecule has 0 aliphatic carbocycles. The number of amides is 2. The van der Waals surface area contributed by atoms with Crippen LogP contribution in [0.4, 0.5) is 5.69 Å². The van der Waals surface area contributed by atoms with E-state index in [1.807, 2.05) is 18.2 Å². The third-order valence-electron chi connectivity index (χ3n) is 3.98. The van der Waals surface area contributed by atoms with Crippen LogP contribution in [0.3, 0.4) is 0 Å². The maximum Gasteiger partial charge on any atom is 0.271 e. The predicted molar refractivity (Wildman–Crippen MR) is 117 cm³/mol. The van der Waals surface area contributed by atoms with Crippen molar-refractivity contribution in [2.45, 2.75) is 0 Å². The SMILES string of the molecule is COc1cccc(/C=N\NC(=O)c2ccc(NC(=O)c3ccc(Br)cc3)cc2)c1. The molecule has 0 aliphatic rings. The van der Waals surface area contributed by atoms with Gasteiger partial charge in [0.15, 0.2) is 0 Å². The van der Waals surface area contributed by atoms with Gasteiger partial charge in [-0.05, 0) is 66.2 Å². The number of hydrogen-bond acceptors (Lipinski definition) is 4. The first-order chi connectivity index (χ1) is 14.0. The lowest BCUT2D eigenvalue weighted by molar-refractivity contribution is 0.0954. The number of halogens is 1. The Morgan fingerprint density at radius 1 is 0.931 bits per heavy atom. The van der Waals surface area contributed by atoms with E-state index in [4.69, 9.17) is 4.74 Å². The van der Waals surface area contributed by atoms with Crippen LogP contribution in [0.5, 0.6) is 5.75 Å². The van der Waals surface area contributed by atoms with Crippen molar-refractivity contribution in [1.29, 1.82) is 0 Å². The third-order valence-corrected chi connectivity index (χ3v) is 4.51. The van der Waals surface area contributed by atoms with Crippen molar-refractivity contribution >= 4 is 39.6 Å². The predicted octanol–water partition coefficient (Wildman–Crippen LogP) is 4.47. The number of nitrogens with zero attached hydrogens (tertiary/aromatic N) is 1. The van der Waals surface area contributed by atoms with Crippen molar-refractivity contribution in [2.75, 3.05) is 12.4 Å². The molecule has 0 saturated heterocycles. The maximum atomic E-state index is 12.2. The van der Waals surface area contributed by atoms with E-state index in [1.54, 1.807) is 61.7 Å². The lowest BCUT2D eigenvalue weighted by Gasteiger charge is -2.06. The summed E-state index contributed by atoms with van der Waals surface area (Å²) in [4.78, 5) is 24.4. The summed E-state index contributed by atoms with van der Waals surface area (Å²) >= 11 is 3.34. The number of carbonyl (C=O) groups is 2. The number of rotatable bonds is 6. The molecule has 0 unspecified atom stereocenters. The van der Waals surface area contributed by atoms with E-state index in [0.29, 0.717) is 22.6 Å². The molecule has 146 valence electrons. The molecular formula is C22H18BrN3O3. The lowest BCUT2D eigenvalue weighted by Crippen LogP contribution is -2.17. The molecule has 6 nitrogen and oxygen atoms in total. The van der Waals surface area contributed by atoms with Gasteiger partial charge in [0.2, 0.25) is 0 Å². The van der Waals surface area contributed by atoms with Gasteiger partial charge < -0.3 is 10.1 Å². The maximum absolute atomic E-state index is 12.2. The standard InChI is InChI=1S/C22H18BrN3O3/c1-29-20-4-2-3-15(13-20)14-24-26-22(28)17-7-11-19(12-8-17)25-21(27)16-5-9-18(23)10-6-16/h2-14H,1H3,(H,25,27)(H,26,28)/b24-14-. The average molecular weight is 452 g/mol. The summed E-state index contributed by atoms with van der Waals surface area (Å²) < 4.78 is 6.04. The Balaban J connectivity index is 1.57. The molecule has 3 rings (SSSR count). The Hall–Kier alpha value is -3.45. The minimum absolute atomic E-state index is 0.224. The number of ether oxygens (including phenoxy) is 1. The van der Waals surface area contributed by atoms with Gasteiger partial charge in [-0.1, -0.05) is 28.1 Å². The summed E-state index contributed by atoms with van der Waals surface area (Å²) in [5.41, 5.74) is 4.84. The highest BCUT2D eigenvalue weighted by Gasteiger charge is 2.08. The number of hydrazone groups is 1. The van der Waals surface area contributed by atoms with E-state index < -0.39 is 0 Å².